The fourth-order valence-corrected chi connectivity index (χ4v) is 12.7. The molecule has 0 amide bonds. The van der Waals surface area contributed by atoms with Crippen molar-refractivity contribution in [2.24, 2.45) is 0 Å². The van der Waals surface area contributed by atoms with Crippen molar-refractivity contribution in [3.05, 3.63) is 259 Å². The smallest absolute Gasteiger partial charge is 0.0714 e. The van der Waals surface area contributed by atoms with Crippen LogP contribution < -0.4 is 4.90 Å². The van der Waals surface area contributed by atoms with Crippen molar-refractivity contribution >= 4 is 80.1 Å². The van der Waals surface area contributed by atoms with Gasteiger partial charge in [0.25, 0.3) is 0 Å². The van der Waals surface area contributed by atoms with Gasteiger partial charge in [-0.3, -0.25) is 0 Å². The molecule has 0 spiro atoms. The molecule has 0 saturated heterocycles. The first kappa shape index (κ1) is 37.0. The van der Waals surface area contributed by atoms with Crippen molar-refractivity contribution in [3.63, 3.8) is 0 Å². The minimum Gasteiger partial charge on any atom is -0.310 e. The largest absolute Gasteiger partial charge is 0.310 e. The average Bonchev–Trinajstić information content (AvgIpc) is 4.03. The lowest BCUT2D eigenvalue weighted by Gasteiger charge is -2.35. The lowest BCUT2D eigenvalue weighted by atomic mass is 9.67. The standard InChI is InChI=1S/C61H39NS2/c1-4-16-40(17-5-1)41-18-14-21-44(36-41)61(43-19-6-2-7-20-43)54-27-15-26-48(42-30-34-58-52(37-42)49-24-10-12-28-56(49)63-58)60(54)51-33-31-47(39-55(51)61)62(45-22-8-3-9-23-45)46-32-35-59-53(38-46)50-25-11-13-29-57(50)64-59/h1-39H. The Morgan fingerprint density at radius 3 is 1.61 bits per heavy atom. The third-order valence-electron chi connectivity index (χ3n) is 13.3. The van der Waals surface area contributed by atoms with Crippen LogP contribution in [0.25, 0.3) is 73.7 Å². The minimum atomic E-state index is -0.641. The van der Waals surface area contributed by atoms with Crippen LogP contribution in [0.5, 0.6) is 0 Å². The summed E-state index contributed by atoms with van der Waals surface area (Å²) in [5, 5.41) is 5.20. The zero-order valence-electron chi connectivity index (χ0n) is 34.8. The van der Waals surface area contributed by atoms with Crippen molar-refractivity contribution in [3.8, 4) is 33.4 Å². The van der Waals surface area contributed by atoms with Gasteiger partial charge in [-0.05, 0) is 128 Å². The van der Waals surface area contributed by atoms with E-state index in [9.17, 15) is 0 Å². The second-order valence-corrected chi connectivity index (χ2v) is 18.9. The van der Waals surface area contributed by atoms with E-state index in [4.69, 9.17) is 0 Å². The molecule has 2 heterocycles. The fourth-order valence-electron chi connectivity index (χ4n) is 10.6. The second-order valence-electron chi connectivity index (χ2n) is 16.8. The molecule has 10 aromatic carbocycles. The molecule has 0 aliphatic heterocycles. The van der Waals surface area contributed by atoms with E-state index in [1.807, 2.05) is 22.7 Å². The lowest BCUT2D eigenvalue weighted by Crippen LogP contribution is -2.29. The Hall–Kier alpha value is -7.56. The molecule has 0 saturated carbocycles. The topological polar surface area (TPSA) is 3.24 Å². The van der Waals surface area contributed by atoms with E-state index in [0.29, 0.717) is 0 Å². The molecule has 0 bridgehead atoms. The van der Waals surface area contributed by atoms with Gasteiger partial charge in [-0.25, -0.2) is 0 Å². The summed E-state index contributed by atoms with van der Waals surface area (Å²) >= 11 is 3.73. The van der Waals surface area contributed by atoms with Gasteiger partial charge in [-0.1, -0.05) is 164 Å². The maximum atomic E-state index is 2.50. The molecule has 2 aromatic heterocycles. The van der Waals surface area contributed by atoms with Crippen LogP contribution >= 0.6 is 22.7 Å². The van der Waals surface area contributed by atoms with Gasteiger partial charge >= 0.3 is 0 Å². The minimum absolute atomic E-state index is 0.641. The van der Waals surface area contributed by atoms with Gasteiger partial charge in [-0.15, -0.1) is 22.7 Å². The van der Waals surface area contributed by atoms with Crippen molar-refractivity contribution < 1.29 is 0 Å². The number of hydrogen-bond acceptors (Lipinski definition) is 3. The zero-order chi connectivity index (χ0) is 42.2. The van der Waals surface area contributed by atoms with Crippen LogP contribution in [0.1, 0.15) is 22.3 Å². The van der Waals surface area contributed by atoms with Gasteiger partial charge in [0.1, 0.15) is 0 Å². The summed E-state index contributed by atoms with van der Waals surface area (Å²) in [5.41, 5.74) is 15.2. The Kier molecular flexibility index (Phi) is 8.55. The molecule has 1 atom stereocenters. The predicted molar refractivity (Wildman–Crippen MR) is 275 cm³/mol. The van der Waals surface area contributed by atoms with Gasteiger partial charge in [0.15, 0.2) is 0 Å². The first-order valence-corrected chi connectivity index (χ1v) is 23.5. The lowest BCUT2D eigenvalue weighted by molar-refractivity contribution is 0.769. The number of anilines is 3. The highest BCUT2D eigenvalue weighted by atomic mass is 32.1. The van der Waals surface area contributed by atoms with Crippen LogP contribution in [0.4, 0.5) is 17.1 Å². The molecule has 0 fully saturated rings. The summed E-state index contributed by atoms with van der Waals surface area (Å²) in [4.78, 5) is 2.45. The Bertz CT molecular complexity index is 3730. The predicted octanol–water partition coefficient (Wildman–Crippen LogP) is 17.6. The maximum absolute atomic E-state index is 2.50. The Balaban J connectivity index is 1.11. The molecular formula is C61H39NS2. The van der Waals surface area contributed by atoms with E-state index in [1.165, 1.54) is 96.0 Å². The Morgan fingerprint density at radius 2 is 0.859 bits per heavy atom. The van der Waals surface area contributed by atoms with Crippen LogP contribution in [0.15, 0.2) is 237 Å². The van der Waals surface area contributed by atoms with E-state index in [-0.39, 0.29) is 0 Å². The average molecular weight is 850 g/mol. The summed E-state index contributed by atoms with van der Waals surface area (Å²) in [6, 6.07) is 88.1. The zero-order valence-corrected chi connectivity index (χ0v) is 36.4. The van der Waals surface area contributed by atoms with E-state index in [0.717, 1.165) is 17.1 Å². The summed E-state index contributed by atoms with van der Waals surface area (Å²) < 4.78 is 5.24. The number of nitrogens with zero attached hydrogens (tertiary/aromatic N) is 1. The van der Waals surface area contributed by atoms with Crippen LogP contribution in [0.3, 0.4) is 0 Å². The Labute approximate surface area is 380 Å². The van der Waals surface area contributed by atoms with Gasteiger partial charge in [0.2, 0.25) is 0 Å². The molecule has 1 nitrogen and oxygen atoms in total. The van der Waals surface area contributed by atoms with Gasteiger partial charge in [0.05, 0.1) is 5.41 Å². The van der Waals surface area contributed by atoms with E-state index in [2.05, 4.69) is 241 Å². The summed E-state index contributed by atoms with van der Waals surface area (Å²) in [5.74, 6) is 0. The number of para-hydroxylation sites is 1. The number of rotatable bonds is 7. The highest BCUT2D eigenvalue weighted by molar-refractivity contribution is 7.26. The van der Waals surface area contributed by atoms with E-state index in [1.54, 1.807) is 0 Å². The Morgan fingerprint density at radius 1 is 0.297 bits per heavy atom. The SMILES string of the molecule is c1ccc(-c2cccc(C3(c4ccccc4)c4cc(N(c5ccccc5)c5ccc6sc7ccccc7c6c5)ccc4-c4c(-c5ccc6sc7ccccc7c6c5)cccc43)c2)cc1. The van der Waals surface area contributed by atoms with E-state index < -0.39 is 5.41 Å². The molecule has 12 aromatic rings. The van der Waals surface area contributed by atoms with Crippen molar-refractivity contribution in [1.29, 1.82) is 0 Å². The van der Waals surface area contributed by atoms with Crippen molar-refractivity contribution in [2.75, 3.05) is 4.90 Å². The number of benzene rings is 10. The first-order chi connectivity index (χ1) is 31.7. The van der Waals surface area contributed by atoms with Gasteiger partial charge in [0, 0.05) is 57.4 Å². The van der Waals surface area contributed by atoms with Gasteiger partial charge < -0.3 is 4.90 Å². The normalized spacial score (nSPS) is 14.3. The van der Waals surface area contributed by atoms with Crippen LogP contribution in [-0.2, 0) is 5.41 Å². The monoisotopic (exact) mass is 849 g/mol. The second kappa shape index (κ2) is 14.8. The molecule has 64 heavy (non-hydrogen) atoms. The molecule has 3 heteroatoms. The third kappa shape index (κ3) is 5.68. The molecule has 0 N–H and O–H groups in total. The quantitative estimate of drug-likeness (QED) is 0.154. The third-order valence-corrected chi connectivity index (χ3v) is 15.6. The van der Waals surface area contributed by atoms with Crippen molar-refractivity contribution in [1.82, 2.24) is 0 Å². The molecular weight excluding hydrogens is 811 g/mol. The summed E-state index contributed by atoms with van der Waals surface area (Å²) in [6.45, 7) is 0. The van der Waals surface area contributed by atoms with Crippen molar-refractivity contribution in [2.45, 2.75) is 5.41 Å². The first-order valence-electron chi connectivity index (χ1n) is 21.9. The molecule has 13 rings (SSSR count). The van der Waals surface area contributed by atoms with Crippen LogP contribution in [0.2, 0.25) is 0 Å². The van der Waals surface area contributed by atoms with Gasteiger partial charge in [-0.2, -0.15) is 0 Å². The van der Waals surface area contributed by atoms with Crippen LogP contribution in [-0.4, -0.2) is 0 Å². The maximum Gasteiger partial charge on any atom is 0.0714 e. The summed E-state index contributed by atoms with van der Waals surface area (Å²) in [7, 11) is 0. The molecule has 1 aliphatic rings. The van der Waals surface area contributed by atoms with E-state index >= 15 is 0 Å². The highest BCUT2D eigenvalue weighted by Gasteiger charge is 2.47. The number of thiophene rings is 2. The number of hydrogen-bond donors (Lipinski definition) is 0. The molecule has 1 unspecified atom stereocenters. The fraction of sp³-hybridized carbons (Fsp3) is 0.0164. The summed E-state index contributed by atoms with van der Waals surface area (Å²) in [6.07, 6.45) is 0. The number of fused-ring (bicyclic) bond motifs is 9. The molecule has 1 aliphatic carbocycles. The molecule has 300 valence electrons. The highest BCUT2D eigenvalue weighted by Crippen LogP contribution is 2.60. The molecule has 0 radical (unpaired) electrons. The van der Waals surface area contributed by atoms with Crippen LogP contribution in [0, 0.1) is 0 Å².